The molecule has 96 valence electrons. The van der Waals surface area contributed by atoms with Gasteiger partial charge >= 0.3 is 12.1 Å². The van der Waals surface area contributed by atoms with Gasteiger partial charge in [-0.15, -0.1) is 0 Å². The van der Waals surface area contributed by atoms with E-state index in [1.165, 1.54) is 0 Å². The monoisotopic (exact) mass is 250 g/mol. The number of halogens is 6. The van der Waals surface area contributed by atoms with E-state index in [0.29, 0.717) is 25.7 Å². The number of ether oxygens (including phenoxy) is 1. The van der Waals surface area contributed by atoms with E-state index < -0.39 is 24.6 Å². The second-order valence-corrected chi connectivity index (χ2v) is 3.83. The van der Waals surface area contributed by atoms with Crippen LogP contribution in [0.25, 0.3) is 0 Å². The van der Waals surface area contributed by atoms with Crippen LogP contribution in [0.5, 0.6) is 0 Å². The Morgan fingerprint density at radius 1 is 0.938 bits per heavy atom. The predicted octanol–water partition coefficient (Wildman–Crippen LogP) is 3.83. The van der Waals surface area contributed by atoms with Crippen molar-refractivity contribution in [2.75, 3.05) is 0 Å². The summed E-state index contributed by atoms with van der Waals surface area (Å²) in [5.74, 6) is -5.44. The average molecular weight is 250 g/mol. The highest BCUT2D eigenvalue weighted by Gasteiger charge is 2.64. The Labute approximate surface area is 88.8 Å². The van der Waals surface area contributed by atoms with Gasteiger partial charge in [0.05, 0.1) is 6.10 Å². The molecule has 1 aliphatic carbocycles. The van der Waals surface area contributed by atoms with Crippen LogP contribution in [0.2, 0.25) is 0 Å². The van der Waals surface area contributed by atoms with Crippen molar-refractivity contribution in [1.82, 2.24) is 0 Å². The molecule has 1 rings (SSSR count). The maximum Gasteiger partial charge on any atom is 0.459 e. The van der Waals surface area contributed by atoms with Gasteiger partial charge in [0.15, 0.2) is 0 Å². The van der Waals surface area contributed by atoms with Gasteiger partial charge in [-0.05, 0) is 12.8 Å². The molecule has 0 aromatic rings. The lowest BCUT2D eigenvalue weighted by atomic mass is 9.98. The van der Waals surface area contributed by atoms with Crippen LogP contribution in [0.3, 0.4) is 0 Å². The normalized spacial score (nSPS) is 22.1. The lowest BCUT2D eigenvalue weighted by Crippen LogP contribution is -2.47. The molecule has 1 nitrogen and oxygen atoms in total. The van der Waals surface area contributed by atoms with Crippen LogP contribution in [0.4, 0.5) is 26.3 Å². The lowest BCUT2D eigenvalue weighted by Gasteiger charge is -2.28. The molecule has 16 heavy (non-hydrogen) atoms. The quantitative estimate of drug-likeness (QED) is 0.692. The first kappa shape index (κ1) is 13.6. The molecule has 0 saturated heterocycles. The highest BCUT2D eigenvalue weighted by molar-refractivity contribution is 4.80. The van der Waals surface area contributed by atoms with E-state index in [9.17, 15) is 26.3 Å². The first-order valence-electron chi connectivity index (χ1n) is 4.99. The molecule has 1 unspecified atom stereocenters. The summed E-state index contributed by atoms with van der Waals surface area (Å²) >= 11 is 0. The Bertz CT molecular complexity index is 221. The fourth-order valence-electron chi connectivity index (χ4n) is 1.58. The first-order chi connectivity index (χ1) is 7.25. The van der Waals surface area contributed by atoms with Crippen LogP contribution in [-0.4, -0.2) is 24.6 Å². The van der Waals surface area contributed by atoms with E-state index in [0.717, 1.165) is 6.42 Å². The maximum absolute atomic E-state index is 12.8. The third kappa shape index (κ3) is 3.02. The summed E-state index contributed by atoms with van der Waals surface area (Å²) in [5, 5.41) is 0. The van der Waals surface area contributed by atoms with Gasteiger partial charge in [-0.3, -0.25) is 0 Å². The fraction of sp³-hybridized carbons (Fsp3) is 1.00. The Balaban J connectivity index is 2.53. The third-order valence-corrected chi connectivity index (χ3v) is 2.53. The molecule has 0 N–H and O–H groups in total. The number of hydrogen-bond acceptors (Lipinski definition) is 1. The summed E-state index contributed by atoms with van der Waals surface area (Å²) in [4.78, 5) is 0. The van der Waals surface area contributed by atoms with Gasteiger partial charge in [-0.2, -0.15) is 22.0 Å². The van der Waals surface area contributed by atoms with Crippen LogP contribution in [0.15, 0.2) is 0 Å². The Morgan fingerprint density at radius 3 is 1.88 bits per heavy atom. The minimum absolute atomic E-state index is 0.328. The van der Waals surface area contributed by atoms with E-state index in [2.05, 4.69) is 4.74 Å². The summed E-state index contributed by atoms with van der Waals surface area (Å²) in [7, 11) is 0. The van der Waals surface area contributed by atoms with Crippen LogP contribution in [0.1, 0.15) is 32.1 Å². The molecule has 0 amide bonds. The van der Waals surface area contributed by atoms with Crippen LogP contribution in [-0.2, 0) is 4.74 Å². The van der Waals surface area contributed by atoms with E-state index in [4.69, 9.17) is 0 Å². The topological polar surface area (TPSA) is 9.23 Å². The molecule has 0 spiro atoms. The highest BCUT2D eigenvalue weighted by atomic mass is 19.4. The van der Waals surface area contributed by atoms with Crippen molar-refractivity contribution in [2.45, 2.75) is 56.7 Å². The standard InChI is InChI=1S/C9H12F6O/c10-7(8(11,12)9(13,14)15)16-6-4-2-1-3-5-6/h6-7H,1-5H2. The van der Waals surface area contributed by atoms with Crippen molar-refractivity contribution >= 4 is 0 Å². The lowest BCUT2D eigenvalue weighted by molar-refractivity contribution is -0.347. The molecule has 0 aromatic carbocycles. The summed E-state index contributed by atoms with van der Waals surface area (Å²) in [5.41, 5.74) is 0. The molecular formula is C9H12F6O. The molecule has 1 saturated carbocycles. The van der Waals surface area contributed by atoms with Crippen molar-refractivity contribution in [2.24, 2.45) is 0 Å². The van der Waals surface area contributed by atoms with Crippen LogP contribution >= 0.6 is 0 Å². The highest BCUT2D eigenvalue weighted by Crippen LogP contribution is 2.40. The summed E-state index contributed by atoms with van der Waals surface area (Å²) in [6.45, 7) is 0. The van der Waals surface area contributed by atoms with Crippen molar-refractivity contribution in [3.63, 3.8) is 0 Å². The third-order valence-electron chi connectivity index (χ3n) is 2.53. The molecule has 0 aromatic heterocycles. The van der Waals surface area contributed by atoms with Gasteiger partial charge < -0.3 is 4.74 Å². The van der Waals surface area contributed by atoms with E-state index in [1.54, 1.807) is 0 Å². The molecule has 1 aliphatic rings. The van der Waals surface area contributed by atoms with Gasteiger partial charge in [0.2, 0.25) is 0 Å². The molecule has 0 bridgehead atoms. The molecular weight excluding hydrogens is 238 g/mol. The minimum Gasteiger partial charge on any atom is -0.340 e. The second-order valence-electron chi connectivity index (χ2n) is 3.83. The number of hydrogen-bond donors (Lipinski definition) is 0. The van der Waals surface area contributed by atoms with Crippen molar-refractivity contribution in [3.8, 4) is 0 Å². The zero-order chi connectivity index (χ0) is 12.4. The molecule has 0 aliphatic heterocycles. The molecule has 1 fully saturated rings. The summed E-state index contributed by atoms with van der Waals surface area (Å²) in [6.07, 6.45) is -7.52. The maximum atomic E-state index is 12.8. The average Bonchev–Trinajstić information content (AvgIpc) is 2.17. The second kappa shape index (κ2) is 4.81. The van der Waals surface area contributed by atoms with Crippen molar-refractivity contribution < 1.29 is 31.1 Å². The van der Waals surface area contributed by atoms with E-state index in [-0.39, 0.29) is 0 Å². The first-order valence-corrected chi connectivity index (χ1v) is 4.99. The molecule has 0 heterocycles. The zero-order valence-electron chi connectivity index (χ0n) is 8.37. The van der Waals surface area contributed by atoms with Gasteiger partial charge in [0.25, 0.3) is 6.36 Å². The number of rotatable bonds is 3. The van der Waals surface area contributed by atoms with E-state index >= 15 is 0 Å². The van der Waals surface area contributed by atoms with E-state index in [1.807, 2.05) is 0 Å². The Kier molecular flexibility index (Phi) is 4.09. The van der Waals surface area contributed by atoms with Crippen LogP contribution < -0.4 is 0 Å². The predicted molar refractivity (Wildman–Crippen MR) is 43.9 cm³/mol. The summed E-state index contributed by atoms with van der Waals surface area (Å²) < 4.78 is 77.1. The number of alkyl halides is 6. The van der Waals surface area contributed by atoms with Gasteiger partial charge in [0.1, 0.15) is 0 Å². The fourth-order valence-corrected chi connectivity index (χ4v) is 1.58. The van der Waals surface area contributed by atoms with Crippen molar-refractivity contribution in [1.29, 1.82) is 0 Å². The van der Waals surface area contributed by atoms with Crippen molar-refractivity contribution in [3.05, 3.63) is 0 Å². The van der Waals surface area contributed by atoms with Gasteiger partial charge in [-0.25, -0.2) is 4.39 Å². The molecule has 0 radical (unpaired) electrons. The summed E-state index contributed by atoms with van der Waals surface area (Å²) in [6, 6.07) is 0. The SMILES string of the molecule is FC(OC1CCCCC1)C(F)(F)C(F)(F)F. The van der Waals surface area contributed by atoms with Gasteiger partial charge in [0, 0.05) is 0 Å². The smallest absolute Gasteiger partial charge is 0.340 e. The minimum atomic E-state index is -5.92. The Morgan fingerprint density at radius 2 is 1.44 bits per heavy atom. The largest absolute Gasteiger partial charge is 0.459 e. The van der Waals surface area contributed by atoms with Gasteiger partial charge in [-0.1, -0.05) is 19.3 Å². The molecule has 1 atom stereocenters. The van der Waals surface area contributed by atoms with Crippen LogP contribution in [0, 0.1) is 0 Å². The Hall–Kier alpha value is -0.460. The molecule has 7 heteroatoms. The zero-order valence-corrected chi connectivity index (χ0v) is 8.37.